The van der Waals surface area contributed by atoms with Gasteiger partial charge in [-0.2, -0.15) is 0 Å². The Kier molecular flexibility index (Phi) is 5.83. The maximum Gasteiger partial charge on any atom is 0.496 e. The fraction of sp³-hybridized carbons (Fsp3) is 0.579. The molecule has 1 aromatic heterocycles. The molecule has 0 atom stereocenters. The molecule has 2 heterocycles. The maximum absolute atomic E-state index is 11.6. The van der Waals surface area contributed by atoms with Gasteiger partial charge >= 0.3 is 13.2 Å². The van der Waals surface area contributed by atoms with Crippen LogP contribution in [-0.2, 0) is 14.0 Å². The Morgan fingerprint density at radius 1 is 1.23 bits per heavy atom. The van der Waals surface area contributed by atoms with Gasteiger partial charge in [-0.3, -0.25) is 4.98 Å². The van der Waals surface area contributed by atoms with Gasteiger partial charge in [0.15, 0.2) is 0 Å². The second-order valence-corrected chi connectivity index (χ2v) is 8.43. The molecule has 1 aromatic rings. The summed E-state index contributed by atoms with van der Waals surface area (Å²) in [5, 5.41) is 2.68. The average molecular weight is 360 g/mol. The van der Waals surface area contributed by atoms with Crippen molar-refractivity contribution in [2.45, 2.75) is 65.3 Å². The van der Waals surface area contributed by atoms with Gasteiger partial charge in [0.05, 0.1) is 11.2 Å². The number of nitrogens with zero attached hydrogens (tertiary/aromatic N) is 1. The number of carbonyl (C=O) groups excluding carboxylic acids is 1. The average Bonchev–Trinajstić information content (AvgIpc) is 2.71. The van der Waals surface area contributed by atoms with Crippen molar-refractivity contribution in [3.63, 3.8) is 0 Å². The van der Waals surface area contributed by atoms with E-state index in [4.69, 9.17) is 14.0 Å². The number of ether oxygens (including phenoxy) is 1. The number of nitrogens with one attached hydrogen (secondary N) is 1. The Morgan fingerprint density at radius 2 is 1.85 bits per heavy atom. The molecule has 0 aromatic carbocycles. The lowest BCUT2D eigenvalue weighted by Gasteiger charge is -2.32. The number of aromatic nitrogens is 1. The molecule has 0 radical (unpaired) electrons. The molecule has 0 saturated carbocycles. The highest BCUT2D eigenvalue weighted by Crippen LogP contribution is 2.36. The van der Waals surface area contributed by atoms with Crippen LogP contribution in [0.2, 0.25) is 0 Å². The van der Waals surface area contributed by atoms with Crippen LogP contribution in [-0.4, -0.2) is 41.5 Å². The predicted molar refractivity (Wildman–Crippen MR) is 103 cm³/mol. The van der Waals surface area contributed by atoms with Gasteiger partial charge in [-0.1, -0.05) is 18.2 Å². The smallest absolute Gasteiger partial charge is 0.444 e. The van der Waals surface area contributed by atoms with Crippen LogP contribution in [0.15, 0.2) is 24.5 Å². The van der Waals surface area contributed by atoms with Crippen molar-refractivity contribution < 1.29 is 18.8 Å². The Labute approximate surface area is 156 Å². The highest BCUT2D eigenvalue weighted by molar-refractivity contribution is 6.62. The van der Waals surface area contributed by atoms with Gasteiger partial charge in [-0.25, -0.2) is 4.79 Å². The number of carbonyl (C=O) groups is 1. The number of alkyl carbamates (subject to hydrolysis) is 1. The Hall–Kier alpha value is -1.86. The number of amides is 1. The van der Waals surface area contributed by atoms with E-state index in [0.717, 1.165) is 11.0 Å². The molecule has 1 N–H and O–H groups in total. The van der Waals surface area contributed by atoms with Crippen molar-refractivity contribution in [1.29, 1.82) is 0 Å². The quantitative estimate of drug-likeness (QED) is 0.836. The number of hydrogen-bond donors (Lipinski definition) is 1. The van der Waals surface area contributed by atoms with Crippen molar-refractivity contribution in [2.75, 3.05) is 6.54 Å². The summed E-state index contributed by atoms with van der Waals surface area (Å²) in [5.74, 6) is 0. The van der Waals surface area contributed by atoms with Gasteiger partial charge in [-0.15, -0.1) is 0 Å². The standard InChI is InChI=1S/C19H29BN2O4/c1-17(2,3)24-16(23)22-10-8-9-14-11-15(13-21-12-14)20-25-18(4,5)19(6,7)26-20/h8-9,11-13H,10H2,1-7H3,(H,22,23). The number of rotatable bonds is 4. The molecule has 1 aliphatic heterocycles. The van der Waals surface area contributed by atoms with E-state index >= 15 is 0 Å². The van der Waals surface area contributed by atoms with E-state index in [1.165, 1.54) is 0 Å². The third-order valence-electron chi connectivity index (χ3n) is 4.38. The van der Waals surface area contributed by atoms with E-state index in [2.05, 4.69) is 10.3 Å². The minimum absolute atomic E-state index is 0.371. The summed E-state index contributed by atoms with van der Waals surface area (Å²) >= 11 is 0. The molecule has 1 fully saturated rings. The Morgan fingerprint density at radius 3 is 2.42 bits per heavy atom. The topological polar surface area (TPSA) is 69.7 Å². The number of hydrogen-bond acceptors (Lipinski definition) is 5. The van der Waals surface area contributed by atoms with Gasteiger partial charge in [0.2, 0.25) is 0 Å². The summed E-state index contributed by atoms with van der Waals surface area (Å²) < 4.78 is 17.3. The molecule has 26 heavy (non-hydrogen) atoms. The van der Waals surface area contributed by atoms with E-state index in [0.29, 0.717) is 6.54 Å². The van der Waals surface area contributed by atoms with Gasteiger partial charge in [0.25, 0.3) is 0 Å². The highest BCUT2D eigenvalue weighted by Gasteiger charge is 2.51. The van der Waals surface area contributed by atoms with E-state index in [-0.39, 0.29) is 11.2 Å². The summed E-state index contributed by atoms with van der Waals surface area (Å²) in [6.45, 7) is 13.9. The molecule has 0 spiro atoms. The van der Waals surface area contributed by atoms with Crippen LogP contribution in [0.1, 0.15) is 54.0 Å². The van der Waals surface area contributed by atoms with Crippen LogP contribution in [0.3, 0.4) is 0 Å². The van der Waals surface area contributed by atoms with Gasteiger partial charge in [0.1, 0.15) is 5.60 Å². The van der Waals surface area contributed by atoms with Crippen LogP contribution in [0, 0.1) is 0 Å². The monoisotopic (exact) mass is 360 g/mol. The summed E-state index contributed by atoms with van der Waals surface area (Å²) in [5.41, 5.74) is 0.491. The van der Waals surface area contributed by atoms with Crippen LogP contribution in [0.4, 0.5) is 4.79 Å². The summed E-state index contributed by atoms with van der Waals surface area (Å²) in [7, 11) is -0.444. The van der Waals surface area contributed by atoms with Crippen LogP contribution in [0.25, 0.3) is 6.08 Å². The van der Waals surface area contributed by atoms with Gasteiger partial charge in [0, 0.05) is 24.4 Å². The third-order valence-corrected chi connectivity index (χ3v) is 4.38. The van der Waals surface area contributed by atoms with Gasteiger partial charge < -0.3 is 19.4 Å². The lowest BCUT2D eigenvalue weighted by molar-refractivity contribution is 0.00578. The van der Waals surface area contributed by atoms with E-state index in [1.807, 2.05) is 66.7 Å². The largest absolute Gasteiger partial charge is 0.496 e. The first-order valence-electron chi connectivity index (χ1n) is 8.84. The van der Waals surface area contributed by atoms with Crippen LogP contribution >= 0.6 is 0 Å². The summed E-state index contributed by atoms with van der Waals surface area (Å²) in [6, 6.07) is 1.97. The Bertz CT molecular complexity index is 664. The first-order chi connectivity index (χ1) is 11.9. The second kappa shape index (κ2) is 7.41. The van der Waals surface area contributed by atoms with Crippen LogP contribution in [0.5, 0.6) is 0 Å². The highest BCUT2D eigenvalue weighted by atomic mass is 16.7. The van der Waals surface area contributed by atoms with Crippen molar-refractivity contribution in [2.24, 2.45) is 0 Å². The Balaban J connectivity index is 1.95. The molecule has 1 aliphatic rings. The van der Waals surface area contributed by atoms with Crippen molar-refractivity contribution in [3.8, 4) is 0 Å². The zero-order chi connectivity index (χ0) is 19.6. The molecule has 7 heteroatoms. The fourth-order valence-corrected chi connectivity index (χ4v) is 2.33. The molecule has 2 rings (SSSR count). The van der Waals surface area contributed by atoms with E-state index in [1.54, 1.807) is 12.4 Å². The first kappa shape index (κ1) is 20.5. The second-order valence-electron chi connectivity index (χ2n) is 8.43. The molecule has 0 unspecified atom stereocenters. The predicted octanol–water partition coefficient (Wildman–Crippen LogP) is 2.92. The first-order valence-corrected chi connectivity index (χ1v) is 8.84. The lowest BCUT2D eigenvalue weighted by atomic mass is 9.80. The van der Waals surface area contributed by atoms with Crippen molar-refractivity contribution in [1.82, 2.24) is 10.3 Å². The molecule has 0 aliphatic carbocycles. The van der Waals surface area contributed by atoms with Gasteiger partial charge in [-0.05, 0) is 54.0 Å². The SMILES string of the molecule is CC(C)(C)OC(=O)NCC=Cc1cncc(B2OC(C)(C)C(C)(C)O2)c1. The molecular formula is C19H29BN2O4. The molecular weight excluding hydrogens is 331 g/mol. The molecule has 0 bridgehead atoms. The third kappa shape index (κ3) is 5.32. The molecule has 6 nitrogen and oxygen atoms in total. The molecule has 142 valence electrons. The summed E-state index contributed by atoms with van der Waals surface area (Å²) in [6.07, 6.45) is 6.79. The zero-order valence-electron chi connectivity index (χ0n) is 16.8. The molecule has 1 amide bonds. The fourth-order valence-electron chi connectivity index (χ4n) is 2.33. The van der Waals surface area contributed by atoms with Crippen molar-refractivity contribution >= 4 is 24.8 Å². The minimum atomic E-state index is -0.505. The lowest BCUT2D eigenvalue weighted by Crippen LogP contribution is -2.41. The van der Waals surface area contributed by atoms with E-state index < -0.39 is 18.8 Å². The van der Waals surface area contributed by atoms with E-state index in [9.17, 15) is 4.79 Å². The molecule has 1 saturated heterocycles. The maximum atomic E-state index is 11.6. The summed E-state index contributed by atoms with van der Waals surface area (Å²) in [4.78, 5) is 15.9. The normalized spacial score (nSPS) is 19.0. The zero-order valence-corrected chi connectivity index (χ0v) is 16.8. The number of pyridine rings is 1. The minimum Gasteiger partial charge on any atom is -0.444 e. The van der Waals surface area contributed by atoms with Crippen molar-refractivity contribution in [3.05, 3.63) is 30.1 Å². The van der Waals surface area contributed by atoms with Crippen LogP contribution < -0.4 is 10.8 Å².